The van der Waals surface area contributed by atoms with Crippen molar-refractivity contribution in [3.63, 3.8) is 0 Å². The van der Waals surface area contributed by atoms with E-state index in [-0.39, 0.29) is 67.3 Å². The molecule has 2 aromatic rings. The number of fused-ring (bicyclic) bond motifs is 2. The first-order chi connectivity index (χ1) is 22.1. The number of aliphatic carboxylic acids is 1. The van der Waals surface area contributed by atoms with Crippen LogP contribution in [-0.2, 0) is 19.1 Å². The summed E-state index contributed by atoms with van der Waals surface area (Å²) in [5.74, 6) is -0.600. The number of carbonyl (C=O) groups excluding carboxylic acids is 4. The van der Waals surface area contributed by atoms with Crippen LogP contribution in [-0.4, -0.2) is 146 Å². The van der Waals surface area contributed by atoms with Crippen LogP contribution >= 0.6 is 0 Å². The molecular formula is C32H41AsN5O8. The van der Waals surface area contributed by atoms with Crippen LogP contribution in [0.25, 0.3) is 10.9 Å². The summed E-state index contributed by atoms with van der Waals surface area (Å²) in [6.45, 7) is 5.47. The minimum atomic E-state index is -1.33. The Morgan fingerprint density at radius 2 is 1.78 bits per heavy atom. The molecule has 247 valence electrons. The molecule has 3 saturated heterocycles. The number of ether oxygens (including phenoxy) is 2. The van der Waals surface area contributed by atoms with Gasteiger partial charge in [-0.2, -0.15) is 0 Å². The van der Waals surface area contributed by atoms with Crippen molar-refractivity contribution in [2.45, 2.75) is 43.4 Å². The van der Waals surface area contributed by atoms with Crippen molar-refractivity contribution in [3.05, 3.63) is 36.0 Å². The van der Waals surface area contributed by atoms with Crippen LogP contribution in [0.3, 0.4) is 0 Å². The fourth-order valence-corrected chi connectivity index (χ4v) is 8.77. The molecule has 3 fully saturated rings. The third kappa shape index (κ3) is 7.98. The standard InChI is InChI=1S/C32H41AsN5O8/c1-3-45-32(44)37-15-13-36(14-16-37)31(43)23(10-11-29(40)41)33-30(42)25-17-27(22-8-4-5-9-24(22)34-25)46-20-28(39)38-12-6-7-21-18-35(2)19-26(21)38/h4-5,8-9,17,21,23,26H,3,6-7,10-16,18-20H2,1-2H3,(H,40,41). The number of carboxylic acids is 1. The minimum absolute atomic E-state index is 0.0244. The van der Waals surface area contributed by atoms with Gasteiger partial charge in [0.15, 0.2) is 0 Å². The number of likely N-dealkylation sites (N-methyl/N-ethyl adjacent to an activating group) is 1. The molecule has 14 heteroatoms. The van der Waals surface area contributed by atoms with Gasteiger partial charge >= 0.3 is 275 Å². The molecule has 3 aliphatic heterocycles. The van der Waals surface area contributed by atoms with Gasteiger partial charge in [0.2, 0.25) is 0 Å². The molecule has 3 amide bonds. The zero-order valence-electron chi connectivity index (χ0n) is 26.3. The van der Waals surface area contributed by atoms with Crippen LogP contribution in [0.5, 0.6) is 5.75 Å². The van der Waals surface area contributed by atoms with Crippen LogP contribution in [0, 0.1) is 5.92 Å². The Labute approximate surface area is 274 Å². The van der Waals surface area contributed by atoms with E-state index >= 15 is 0 Å². The second-order valence-electron chi connectivity index (χ2n) is 12.0. The molecule has 0 bridgehead atoms. The molecule has 4 heterocycles. The molecule has 3 atom stereocenters. The summed E-state index contributed by atoms with van der Waals surface area (Å²) in [7, 11) is 2.08. The maximum absolute atomic E-state index is 13.7. The Hall–Kier alpha value is -3.70. The number of hydrogen-bond acceptors (Lipinski definition) is 9. The van der Waals surface area contributed by atoms with E-state index in [0.717, 1.165) is 25.9 Å². The van der Waals surface area contributed by atoms with Crippen molar-refractivity contribution < 1.29 is 38.6 Å². The molecule has 3 unspecified atom stereocenters. The predicted octanol–water partition coefficient (Wildman–Crippen LogP) is 1.96. The number of para-hydroxylation sites is 1. The van der Waals surface area contributed by atoms with E-state index in [1.165, 1.54) is 11.0 Å². The van der Waals surface area contributed by atoms with Crippen molar-refractivity contribution in [1.82, 2.24) is 24.6 Å². The van der Waals surface area contributed by atoms with Gasteiger partial charge in [-0.25, -0.2) is 0 Å². The van der Waals surface area contributed by atoms with E-state index in [2.05, 4.69) is 16.9 Å². The molecule has 1 N–H and O–H groups in total. The van der Waals surface area contributed by atoms with Crippen molar-refractivity contribution in [1.29, 1.82) is 0 Å². The monoisotopic (exact) mass is 698 g/mol. The average molecular weight is 699 g/mol. The number of benzene rings is 1. The molecule has 5 rings (SSSR count). The zero-order chi connectivity index (χ0) is 32.8. The summed E-state index contributed by atoms with van der Waals surface area (Å²) in [4.78, 5) is 76.0. The quantitative estimate of drug-likeness (QED) is 0.345. The molecular weight excluding hydrogens is 657 g/mol. The number of nitrogens with zero attached hydrogens (tertiary/aromatic N) is 5. The number of piperazine rings is 1. The van der Waals surface area contributed by atoms with Gasteiger partial charge in [-0.3, -0.25) is 0 Å². The molecule has 1 aromatic carbocycles. The van der Waals surface area contributed by atoms with Gasteiger partial charge in [0, 0.05) is 0 Å². The molecule has 0 aliphatic carbocycles. The van der Waals surface area contributed by atoms with Crippen LogP contribution in [0.4, 0.5) is 4.79 Å². The molecule has 13 nitrogen and oxygen atoms in total. The molecule has 1 aromatic heterocycles. The maximum atomic E-state index is 13.7. The van der Waals surface area contributed by atoms with E-state index in [1.54, 1.807) is 24.0 Å². The predicted molar refractivity (Wildman–Crippen MR) is 169 cm³/mol. The number of aromatic nitrogens is 1. The van der Waals surface area contributed by atoms with E-state index < -0.39 is 32.5 Å². The Morgan fingerprint density at radius 3 is 2.52 bits per heavy atom. The first-order valence-corrected chi connectivity index (χ1v) is 17.8. The summed E-state index contributed by atoms with van der Waals surface area (Å²) in [5.41, 5.74) is 0.646. The molecule has 0 spiro atoms. The Bertz CT molecular complexity index is 1470. The number of carboxylic acid groups (broad SMARTS) is 1. The van der Waals surface area contributed by atoms with Gasteiger partial charge in [0.25, 0.3) is 0 Å². The van der Waals surface area contributed by atoms with Gasteiger partial charge < -0.3 is 0 Å². The van der Waals surface area contributed by atoms with Crippen molar-refractivity contribution in [2.24, 2.45) is 5.92 Å². The molecule has 0 saturated carbocycles. The van der Waals surface area contributed by atoms with Crippen molar-refractivity contribution in [3.8, 4) is 5.75 Å². The second kappa shape index (κ2) is 15.3. The third-order valence-corrected chi connectivity index (χ3v) is 11.5. The Morgan fingerprint density at radius 1 is 1.04 bits per heavy atom. The summed E-state index contributed by atoms with van der Waals surface area (Å²) in [6.07, 6.45) is 1.41. The summed E-state index contributed by atoms with van der Waals surface area (Å²) >= 11 is -1.33. The number of amides is 3. The van der Waals surface area contributed by atoms with E-state index in [9.17, 15) is 29.1 Å². The number of piperidine rings is 1. The molecule has 46 heavy (non-hydrogen) atoms. The SMILES string of the molecule is CCOC(=O)N1CCN(C(=O)C(CCC(=O)O)[As]C(=O)c2cc(OCC(=O)N3CCCC4CN(C)CC43)c3ccccc3n2)CC1. The first-order valence-electron chi connectivity index (χ1n) is 15.8. The van der Waals surface area contributed by atoms with Gasteiger partial charge in [-0.05, 0) is 0 Å². The van der Waals surface area contributed by atoms with Crippen molar-refractivity contribution >= 4 is 55.1 Å². The summed E-state index contributed by atoms with van der Waals surface area (Å²) in [6, 6.07) is 8.92. The number of pyridine rings is 1. The van der Waals surface area contributed by atoms with E-state index in [4.69, 9.17) is 9.47 Å². The number of hydrogen-bond donors (Lipinski definition) is 1. The fraction of sp³-hybridized carbons (Fsp3) is 0.562. The molecule has 3 aliphatic rings. The van der Waals surface area contributed by atoms with Gasteiger partial charge in [0.1, 0.15) is 0 Å². The second-order valence-corrected chi connectivity index (χ2v) is 14.7. The Kier molecular flexibility index (Phi) is 11.2. The van der Waals surface area contributed by atoms with E-state index in [0.29, 0.717) is 42.2 Å². The van der Waals surface area contributed by atoms with E-state index in [1.807, 2.05) is 17.0 Å². The Balaban J connectivity index is 1.29. The number of carbonyl (C=O) groups is 5. The third-order valence-electron chi connectivity index (χ3n) is 8.84. The zero-order valence-corrected chi connectivity index (χ0v) is 28.2. The number of likely N-dealkylation sites (tertiary alicyclic amines) is 2. The fourth-order valence-electron chi connectivity index (χ4n) is 6.54. The van der Waals surface area contributed by atoms with Crippen LogP contribution in [0.15, 0.2) is 30.3 Å². The summed E-state index contributed by atoms with van der Waals surface area (Å²) < 4.78 is 10.0. The number of rotatable bonds is 11. The van der Waals surface area contributed by atoms with Crippen molar-refractivity contribution in [2.75, 3.05) is 66.1 Å². The normalized spacial score (nSPS) is 21.0. The van der Waals surface area contributed by atoms with Crippen LogP contribution in [0.2, 0.25) is 4.71 Å². The topological polar surface area (TPSA) is 150 Å². The van der Waals surface area contributed by atoms with Gasteiger partial charge in [-0.1, -0.05) is 0 Å². The first kappa shape index (κ1) is 33.7. The summed E-state index contributed by atoms with van der Waals surface area (Å²) in [5, 5.41) is 10.0. The van der Waals surface area contributed by atoms with Crippen LogP contribution in [0.1, 0.15) is 43.1 Å². The van der Waals surface area contributed by atoms with Gasteiger partial charge in [-0.15, -0.1) is 0 Å². The average Bonchev–Trinajstić information content (AvgIpc) is 3.45. The molecule has 1 radical (unpaired) electrons. The van der Waals surface area contributed by atoms with Gasteiger partial charge in [0.05, 0.1) is 0 Å². The van der Waals surface area contributed by atoms with Crippen LogP contribution < -0.4 is 4.74 Å².